The molecule has 10 nitrogen and oxygen atoms in total. The quantitative estimate of drug-likeness (QED) is 0.119. The molecule has 0 bridgehead atoms. The topological polar surface area (TPSA) is 133 Å². The number of ether oxygens (including phenoxy) is 1. The Morgan fingerprint density at radius 3 is 2.36 bits per heavy atom. The maximum absolute atomic E-state index is 13.0. The fourth-order valence-electron chi connectivity index (χ4n) is 3.57. The Morgan fingerprint density at radius 2 is 1.74 bits per heavy atom. The van der Waals surface area contributed by atoms with E-state index in [1.54, 1.807) is 25.1 Å². The molecule has 0 saturated carbocycles. The van der Waals surface area contributed by atoms with Crippen LogP contribution in [0.4, 0.5) is 10.5 Å². The monoisotopic (exact) mass is 632 g/mol. The molecule has 3 aromatic rings. The molecule has 1 heterocycles. The van der Waals surface area contributed by atoms with Crippen LogP contribution in [0.5, 0.6) is 11.5 Å². The summed E-state index contributed by atoms with van der Waals surface area (Å²) in [4.78, 5) is 37.1. The first-order valence-electron chi connectivity index (χ1n) is 11.4. The van der Waals surface area contributed by atoms with Crippen molar-refractivity contribution in [1.29, 1.82) is 0 Å². The molecular formula is C26H21BrN2O8S2. The number of nitro groups is 1. The number of halogens is 1. The van der Waals surface area contributed by atoms with Crippen molar-refractivity contribution in [3.63, 3.8) is 0 Å². The summed E-state index contributed by atoms with van der Waals surface area (Å²) in [5.41, 5.74) is 1.82. The molecule has 0 atom stereocenters. The van der Waals surface area contributed by atoms with Gasteiger partial charge in [0.25, 0.3) is 16.8 Å². The van der Waals surface area contributed by atoms with E-state index in [0.717, 1.165) is 22.2 Å². The molecule has 1 aliphatic rings. The Bertz CT molecular complexity index is 1590. The summed E-state index contributed by atoms with van der Waals surface area (Å²) >= 11 is 4.09. The van der Waals surface area contributed by atoms with Crippen molar-refractivity contribution in [2.24, 2.45) is 0 Å². The summed E-state index contributed by atoms with van der Waals surface area (Å²) in [6.07, 6.45) is 1.49. The van der Waals surface area contributed by atoms with Gasteiger partial charge in [-0.25, -0.2) is 0 Å². The van der Waals surface area contributed by atoms with Crippen LogP contribution in [0, 0.1) is 17.0 Å². The number of hydrogen-bond donors (Lipinski definition) is 0. The van der Waals surface area contributed by atoms with E-state index in [0.29, 0.717) is 11.1 Å². The van der Waals surface area contributed by atoms with Gasteiger partial charge in [-0.15, -0.1) is 0 Å². The van der Waals surface area contributed by atoms with Crippen molar-refractivity contribution >= 4 is 60.7 Å². The lowest BCUT2D eigenvalue weighted by Crippen LogP contribution is -2.27. The largest absolute Gasteiger partial charge is 0.490 e. The van der Waals surface area contributed by atoms with E-state index >= 15 is 0 Å². The lowest BCUT2D eigenvalue weighted by molar-refractivity contribution is -0.384. The molecule has 3 aromatic carbocycles. The molecule has 0 aromatic heterocycles. The zero-order valence-corrected chi connectivity index (χ0v) is 23.8. The molecule has 2 amide bonds. The molecule has 4 rings (SSSR count). The fraction of sp³-hybridized carbons (Fsp3) is 0.154. The zero-order valence-electron chi connectivity index (χ0n) is 20.6. The van der Waals surface area contributed by atoms with Gasteiger partial charge in [0.15, 0.2) is 11.5 Å². The summed E-state index contributed by atoms with van der Waals surface area (Å²) in [5.74, 6) is -0.459. The van der Waals surface area contributed by atoms with Crippen LogP contribution in [0.2, 0.25) is 0 Å². The van der Waals surface area contributed by atoms with Gasteiger partial charge >= 0.3 is 10.1 Å². The molecule has 0 N–H and O–H groups in total. The van der Waals surface area contributed by atoms with E-state index in [2.05, 4.69) is 15.9 Å². The van der Waals surface area contributed by atoms with Crippen LogP contribution in [0.25, 0.3) is 6.08 Å². The van der Waals surface area contributed by atoms with Crippen LogP contribution in [0.1, 0.15) is 23.6 Å². The number of benzene rings is 3. The SMILES string of the molecule is CCOc1cc(/C=C2\SC(=O)N(Cc3ccc([N+](=O)[O-])cc3)C2=O)cc(Br)c1OS(=O)(=O)c1ccc(C)cc1. The van der Waals surface area contributed by atoms with Crippen molar-refractivity contribution in [3.8, 4) is 11.5 Å². The predicted molar refractivity (Wildman–Crippen MR) is 149 cm³/mol. The Labute approximate surface area is 237 Å². The highest BCUT2D eigenvalue weighted by Crippen LogP contribution is 2.41. The minimum absolute atomic E-state index is 0.0202. The summed E-state index contributed by atoms with van der Waals surface area (Å²) in [6.45, 7) is 3.73. The average molecular weight is 633 g/mol. The van der Waals surface area contributed by atoms with Crippen LogP contribution in [-0.4, -0.2) is 36.0 Å². The number of amides is 2. The fourth-order valence-corrected chi connectivity index (χ4v) is 6.01. The minimum Gasteiger partial charge on any atom is -0.490 e. The number of aryl methyl sites for hydroxylation is 1. The third-order valence-corrected chi connectivity index (χ3v) is 8.23. The van der Waals surface area contributed by atoms with Crippen LogP contribution >= 0.6 is 27.7 Å². The molecule has 39 heavy (non-hydrogen) atoms. The van der Waals surface area contributed by atoms with Gasteiger partial charge in [-0.2, -0.15) is 8.42 Å². The van der Waals surface area contributed by atoms with Gasteiger partial charge in [0.1, 0.15) is 4.90 Å². The third-order valence-electron chi connectivity index (χ3n) is 5.49. The van der Waals surface area contributed by atoms with Gasteiger partial charge < -0.3 is 8.92 Å². The number of nitro benzene ring substituents is 1. The average Bonchev–Trinajstić information content (AvgIpc) is 3.14. The second-order valence-electron chi connectivity index (χ2n) is 8.30. The van der Waals surface area contributed by atoms with E-state index in [-0.39, 0.29) is 44.6 Å². The van der Waals surface area contributed by atoms with Crippen molar-refractivity contribution in [2.45, 2.75) is 25.3 Å². The second-order valence-corrected chi connectivity index (χ2v) is 11.7. The summed E-state index contributed by atoms with van der Waals surface area (Å²) in [7, 11) is -4.16. The van der Waals surface area contributed by atoms with Gasteiger partial charge in [-0.05, 0) is 83.0 Å². The van der Waals surface area contributed by atoms with E-state index in [1.807, 2.05) is 6.92 Å². The number of carbonyl (C=O) groups is 2. The van der Waals surface area contributed by atoms with E-state index in [4.69, 9.17) is 8.92 Å². The van der Waals surface area contributed by atoms with Gasteiger partial charge in [-0.1, -0.05) is 29.8 Å². The van der Waals surface area contributed by atoms with Crippen LogP contribution in [-0.2, 0) is 21.5 Å². The number of thioether (sulfide) groups is 1. The lowest BCUT2D eigenvalue weighted by Gasteiger charge is -2.15. The van der Waals surface area contributed by atoms with E-state index in [1.165, 1.54) is 48.5 Å². The Hall–Kier alpha value is -3.68. The number of carbonyl (C=O) groups excluding carboxylic acids is 2. The Morgan fingerprint density at radius 1 is 1.08 bits per heavy atom. The molecule has 0 spiro atoms. The summed E-state index contributed by atoms with van der Waals surface area (Å²) in [6, 6.07) is 14.9. The molecule has 0 unspecified atom stereocenters. The lowest BCUT2D eigenvalue weighted by atomic mass is 10.1. The Balaban J connectivity index is 1.59. The number of non-ortho nitro benzene ring substituents is 1. The minimum atomic E-state index is -4.16. The standard InChI is InChI=1S/C26H21BrN2O8S2/c1-3-36-22-13-18(12-21(27)24(22)37-39(34,35)20-10-4-16(2)5-11-20)14-23-25(30)28(26(31)38-23)15-17-6-8-19(9-7-17)29(32)33/h4-14H,3,15H2,1-2H3/b23-14-. The summed E-state index contributed by atoms with van der Waals surface area (Å²) < 4.78 is 37.0. The van der Waals surface area contributed by atoms with Crippen molar-refractivity contribution in [3.05, 3.63) is 96.8 Å². The highest BCUT2D eigenvalue weighted by Gasteiger charge is 2.35. The normalized spacial score (nSPS) is 14.6. The zero-order chi connectivity index (χ0) is 28.3. The van der Waals surface area contributed by atoms with Gasteiger partial charge in [-0.3, -0.25) is 24.6 Å². The first kappa shape index (κ1) is 28.3. The van der Waals surface area contributed by atoms with Gasteiger partial charge in [0.2, 0.25) is 0 Å². The predicted octanol–water partition coefficient (Wildman–Crippen LogP) is 6.07. The molecule has 0 radical (unpaired) electrons. The molecule has 0 aliphatic carbocycles. The van der Waals surface area contributed by atoms with Crippen molar-refractivity contribution in [2.75, 3.05) is 6.61 Å². The molecule has 13 heteroatoms. The van der Waals surface area contributed by atoms with Crippen molar-refractivity contribution < 1.29 is 31.9 Å². The molecule has 1 aliphatic heterocycles. The van der Waals surface area contributed by atoms with Gasteiger partial charge in [0, 0.05) is 12.1 Å². The first-order chi connectivity index (χ1) is 18.5. The molecular weight excluding hydrogens is 612 g/mol. The third kappa shape index (κ3) is 6.49. The van der Waals surface area contributed by atoms with Crippen LogP contribution < -0.4 is 8.92 Å². The van der Waals surface area contributed by atoms with E-state index in [9.17, 15) is 28.1 Å². The number of nitrogens with zero attached hydrogens (tertiary/aromatic N) is 2. The van der Waals surface area contributed by atoms with Crippen LogP contribution in [0.3, 0.4) is 0 Å². The smallest absolute Gasteiger partial charge is 0.339 e. The highest BCUT2D eigenvalue weighted by molar-refractivity contribution is 9.10. The van der Waals surface area contributed by atoms with E-state index < -0.39 is 26.2 Å². The van der Waals surface area contributed by atoms with Crippen molar-refractivity contribution in [1.82, 2.24) is 4.90 Å². The Kier molecular flexibility index (Phi) is 8.42. The maximum atomic E-state index is 13.0. The maximum Gasteiger partial charge on any atom is 0.339 e. The number of hydrogen-bond acceptors (Lipinski definition) is 9. The molecule has 202 valence electrons. The summed E-state index contributed by atoms with van der Waals surface area (Å²) in [5, 5.41) is 10.4. The number of rotatable bonds is 9. The van der Waals surface area contributed by atoms with Crippen LogP contribution in [0.15, 0.2) is 74.9 Å². The second kappa shape index (κ2) is 11.6. The molecule has 1 fully saturated rings. The first-order valence-corrected chi connectivity index (χ1v) is 14.5. The number of imide groups is 1. The van der Waals surface area contributed by atoms with Gasteiger partial charge in [0.05, 0.1) is 27.5 Å². The molecule has 1 saturated heterocycles. The highest BCUT2D eigenvalue weighted by atomic mass is 79.9.